The van der Waals surface area contributed by atoms with E-state index in [0.29, 0.717) is 26.4 Å². The molecule has 0 aliphatic heterocycles. The molecular formula is C19H29FN4O2. The number of rotatable bonds is 11. The van der Waals surface area contributed by atoms with Crippen molar-refractivity contribution in [1.29, 1.82) is 0 Å². The number of nitrogens with one attached hydrogen (secondary N) is 3. The highest BCUT2D eigenvalue weighted by Gasteiger charge is 2.05. The number of aromatic amines is 1. The molecule has 0 aliphatic carbocycles. The first kappa shape index (κ1) is 20.2. The molecule has 0 radical (unpaired) electrons. The number of hydrogen-bond acceptors (Lipinski definition) is 3. The fourth-order valence-corrected chi connectivity index (χ4v) is 2.62. The van der Waals surface area contributed by atoms with E-state index in [2.05, 4.69) is 20.6 Å². The van der Waals surface area contributed by atoms with E-state index < -0.39 is 0 Å². The van der Waals surface area contributed by atoms with Crippen molar-refractivity contribution < 1.29 is 13.9 Å². The van der Waals surface area contributed by atoms with Crippen molar-refractivity contribution in [2.75, 3.05) is 46.6 Å². The quantitative estimate of drug-likeness (QED) is 0.325. The lowest BCUT2D eigenvalue weighted by Gasteiger charge is -2.11. The number of nitrogens with zero attached hydrogens (tertiary/aromatic N) is 1. The predicted octanol–water partition coefficient (Wildman–Crippen LogP) is 2.46. The summed E-state index contributed by atoms with van der Waals surface area (Å²) >= 11 is 0. The highest BCUT2D eigenvalue weighted by molar-refractivity contribution is 5.83. The van der Waals surface area contributed by atoms with Gasteiger partial charge in [-0.15, -0.1) is 0 Å². The Morgan fingerprint density at radius 2 is 2.12 bits per heavy atom. The van der Waals surface area contributed by atoms with Crippen LogP contribution in [0.4, 0.5) is 4.39 Å². The van der Waals surface area contributed by atoms with Crippen LogP contribution in [0.25, 0.3) is 10.9 Å². The largest absolute Gasteiger partial charge is 0.382 e. The van der Waals surface area contributed by atoms with Crippen LogP contribution in [-0.2, 0) is 15.9 Å². The molecule has 0 atom stereocenters. The number of benzene rings is 1. The normalized spacial score (nSPS) is 11.9. The van der Waals surface area contributed by atoms with Gasteiger partial charge < -0.3 is 25.1 Å². The third kappa shape index (κ3) is 6.65. The van der Waals surface area contributed by atoms with Gasteiger partial charge in [0.1, 0.15) is 5.82 Å². The average Bonchev–Trinajstić information content (AvgIpc) is 3.03. The van der Waals surface area contributed by atoms with Crippen LogP contribution in [0.5, 0.6) is 0 Å². The number of aromatic nitrogens is 1. The van der Waals surface area contributed by atoms with Crippen molar-refractivity contribution in [3.05, 3.63) is 35.8 Å². The molecule has 2 aromatic rings. The Kier molecular flexibility index (Phi) is 8.92. The van der Waals surface area contributed by atoms with Crippen LogP contribution in [0.1, 0.15) is 18.9 Å². The van der Waals surface area contributed by atoms with Gasteiger partial charge in [0.15, 0.2) is 5.96 Å². The van der Waals surface area contributed by atoms with Crippen LogP contribution in [0.2, 0.25) is 0 Å². The van der Waals surface area contributed by atoms with Gasteiger partial charge in [0.2, 0.25) is 0 Å². The lowest BCUT2D eigenvalue weighted by atomic mass is 10.1. The van der Waals surface area contributed by atoms with Crippen molar-refractivity contribution in [3.63, 3.8) is 0 Å². The molecule has 0 fully saturated rings. The summed E-state index contributed by atoms with van der Waals surface area (Å²) in [6.07, 6.45) is 3.59. The van der Waals surface area contributed by atoms with Crippen LogP contribution >= 0.6 is 0 Å². The molecule has 0 spiro atoms. The second-order valence-electron chi connectivity index (χ2n) is 5.90. The minimum Gasteiger partial charge on any atom is -0.382 e. The summed E-state index contributed by atoms with van der Waals surface area (Å²) in [5.41, 5.74) is 2.05. The van der Waals surface area contributed by atoms with Crippen LogP contribution in [0.15, 0.2) is 29.4 Å². The van der Waals surface area contributed by atoms with Gasteiger partial charge in [-0.1, -0.05) is 0 Å². The first-order valence-corrected chi connectivity index (χ1v) is 9.09. The maximum atomic E-state index is 13.4. The predicted molar refractivity (Wildman–Crippen MR) is 103 cm³/mol. The van der Waals surface area contributed by atoms with Crippen LogP contribution < -0.4 is 10.6 Å². The number of halogens is 1. The third-order valence-corrected chi connectivity index (χ3v) is 3.91. The van der Waals surface area contributed by atoms with Crippen LogP contribution in [0.3, 0.4) is 0 Å². The molecular weight excluding hydrogens is 335 g/mol. The van der Waals surface area contributed by atoms with Gasteiger partial charge in [-0.3, -0.25) is 4.99 Å². The minimum atomic E-state index is -0.214. The fraction of sp³-hybridized carbons (Fsp3) is 0.526. The molecule has 0 saturated carbocycles. The zero-order valence-electron chi connectivity index (χ0n) is 15.6. The van der Waals surface area contributed by atoms with Gasteiger partial charge in [-0.05, 0) is 43.5 Å². The second kappa shape index (κ2) is 11.5. The average molecular weight is 364 g/mol. The van der Waals surface area contributed by atoms with E-state index in [9.17, 15) is 4.39 Å². The molecule has 26 heavy (non-hydrogen) atoms. The summed E-state index contributed by atoms with van der Waals surface area (Å²) in [5.74, 6) is 0.573. The van der Waals surface area contributed by atoms with E-state index in [4.69, 9.17) is 9.47 Å². The number of methoxy groups -OCH3 is 1. The van der Waals surface area contributed by atoms with Gasteiger partial charge in [-0.2, -0.15) is 0 Å². The van der Waals surface area contributed by atoms with Gasteiger partial charge >= 0.3 is 0 Å². The monoisotopic (exact) mass is 364 g/mol. The Labute approximate surface area is 154 Å². The topological polar surface area (TPSA) is 70.7 Å². The minimum absolute atomic E-state index is 0.214. The standard InChI is InChI=1S/C19H29FN4O2/c1-3-21-19(22-8-4-10-26-12-11-25-2)23-9-7-15-14-24-18-6-5-16(20)13-17(15)18/h5-6,13-14,24H,3-4,7-12H2,1-2H3,(H2,21,22,23). The summed E-state index contributed by atoms with van der Waals surface area (Å²) in [5, 5.41) is 7.48. The summed E-state index contributed by atoms with van der Waals surface area (Å²) in [6, 6.07) is 4.81. The highest BCUT2D eigenvalue weighted by atomic mass is 19.1. The molecule has 0 bridgehead atoms. The Morgan fingerprint density at radius 3 is 2.92 bits per heavy atom. The summed E-state index contributed by atoms with van der Waals surface area (Å²) in [7, 11) is 1.66. The van der Waals surface area contributed by atoms with Crippen LogP contribution in [0, 0.1) is 5.82 Å². The Hall–Kier alpha value is -2.12. The number of hydrogen-bond donors (Lipinski definition) is 3. The van der Waals surface area contributed by atoms with E-state index in [1.807, 2.05) is 13.1 Å². The summed E-state index contributed by atoms with van der Waals surface area (Å²) in [4.78, 5) is 7.72. The van der Waals surface area contributed by atoms with Crippen molar-refractivity contribution in [2.45, 2.75) is 19.8 Å². The number of fused-ring (bicyclic) bond motifs is 1. The van der Waals surface area contributed by atoms with E-state index >= 15 is 0 Å². The number of ether oxygens (including phenoxy) is 2. The van der Waals surface area contributed by atoms with Crippen molar-refractivity contribution >= 4 is 16.9 Å². The van der Waals surface area contributed by atoms with Gasteiger partial charge in [0.05, 0.1) is 13.2 Å². The maximum absolute atomic E-state index is 13.4. The summed E-state index contributed by atoms with van der Waals surface area (Å²) in [6.45, 7) is 6.16. The van der Waals surface area contributed by atoms with Crippen molar-refractivity contribution in [2.24, 2.45) is 4.99 Å². The fourth-order valence-electron chi connectivity index (χ4n) is 2.62. The number of aliphatic imine (C=N–C) groups is 1. The molecule has 0 aliphatic rings. The zero-order valence-corrected chi connectivity index (χ0v) is 15.6. The molecule has 1 aromatic heterocycles. The molecule has 3 N–H and O–H groups in total. The second-order valence-corrected chi connectivity index (χ2v) is 5.90. The number of H-pyrrole nitrogens is 1. The molecule has 0 unspecified atom stereocenters. The molecule has 144 valence electrons. The molecule has 6 nitrogen and oxygen atoms in total. The lowest BCUT2D eigenvalue weighted by molar-refractivity contribution is 0.0702. The first-order valence-electron chi connectivity index (χ1n) is 9.09. The SMILES string of the molecule is CCNC(=NCCCOCCOC)NCCc1c[nH]c2ccc(F)cc12. The zero-order chi connectivity index (χ0) is 18.6. The van der Waals surface area contributed by atoms with E-state index in [-0.39, 0.29) is 5.82 Å². The smallest absolute Gasteiger partial charge is 0.191 e. The van der Waals surface area contributed by atoms with Gasteiger partial charge in [0.25, 0.3) is 0 Å². The molecule has 1 aromatic carbocycles. The first-order chi connectivity index (χ1) is 12.7. The third-order valence-electron chi connectivity index (χ3n) is 3.91. The Morgan fingerprint density at radius 1 is 1.23 bits per heavy atom. The molecule has 7 heteroatoms. The maximum Gasteiger partial charge on any atom is 0.191 e. The molecule has 0 saturated heterocycles. The van der Waals surface area contributed by atoms with E-state index in [0.717, 1.165) is 48.4 Å². The number of guanidine groups is 1. The van der Waals surface area contributed by atoms with Gasteiger partial charge in [0, 0.05) is 50.5 Å². The van der Waals surface area contributed by atoms with Crippen molar-refractivity contribution in [1.82, 2.24) is 15.6 Å². The lowest BCUT2D eigenvalue weighted by Crippen LogP contribution is -2.38. The summed E-state index contributed by atoms with van der Waals surface area (Å²) < 4.78 is 23.8. The van der Waals surface area contributed by atoms with E-state index in [1.165, 1.54) is 6.07 Å². The van der Waals surface area contributed by atoms with Crippen LogP contribution in [-0.4, -0.2) is 57.5 Å². The van der Waals surface area contributed by atoms with E-state index in [1.54, 1.807) is 19.2 Å². The molecule has 1 heterocycles. The Balaban J connectivity index is 1.76. The molecule has 0 amide bonds. The highest BCUT2D eigenvalue weighted by Crippen LogP contribution is 2.19. The molecule has 2 rings (SSSR count). The van der Waals surface area contributed by atoms with Crippen molar-refractivity contribution in [3.8, 4) is 0 Å². The Bertz CT molecular complexity index is 687. The van der Waals surface area contributed by atoms with Gasteiger partial charge in [-0.25, -0.2) is 4.39 Å².